The molecule has 0 saturated carbocycles. The van der Waals surface area contributed by atoms with Gasteiger partial charge in [0.25, 0.3) is 0 Å². The van der Waals surface area contributed by atoms with Crippen molar-refractivity contribution in [3.63, 3.8) is 0 Å². The van der Waals surface area contributed by atoms with Gasteiger partial charge in [-0.1, -0.05) is 6.92 Å². The maximum absolute atomic E-state index is 11.3. The van der Waals surface area contributed by atoms with Crippen molar-refractivity contribution in [1.82, 2.24) is 14.7 Å². The number of carboxylic acid groups (broad SMARTS) is 1. The first kappa shape index (κ1) is 13.2. The number of carbonyl (C=O) groups is 2. The lowest BCUT2D eigenvalue weighted by Crippen LogP contribution is -2.34. The van der Waals surface area contributed by atoms with Crippen molar-refractivity contribution >= 4 is 11.9 Å². The molecule has 94 valence electrons. The summed E-state index contributed by atoms with van der Waals surface area (Å²) in [6.45, 7) is 3.25. The average Bonchev–Trinajstić information content (AvgIpc) is 2.58. The van der Waals surface area contributed by atoms with Crippen molar-refractivity contribution in [3.05, 3.63) is 17.5 Å². The zero-order valence-electron chi connectivity index (χ0n) is 10.5. The second-order valence-corrected chi connectivity index (χ2v) is 3.93. The van der Waals surface area contributed by atoms with Crippen molar-refractivity contribution in [3.8, 4) is 0 Å². The molecule has 6 heteroatoms. The zero-order valence-corrected chi connectivity index (χ0v) is 10.5. The number of hydrogen-bond acceptors (Lipinski definition) is 3. The van der Waals surface area contributed by atoms with Crippen LogP contribution in [0.25, 0.3) is 0 Å². The highest BCUT2D eigenvalue weighted by molar-refractivity contribution is 5.83. The summed E-state index contributed by atoms with van der Waals surface area (Å²) in [5.74, 6) is -1.34. The number of carboxylic acids is 1. The van der Waals surface area contributed by atoms with Gasteiger partial charge in [-0.15, -0.1) is 0 Å². The lowest BCUT2D eigenvalue weighted by Gasteiger charge is -2.23. The van der Waals surface area contributed by atoms with Crippen LogP contribution in [0.2, 0.25) is 0 Å². The fourth-order valence-electron chi connectivity index (χ4n) is 1.75. The minimum atomic E-state index is -1.05. The van der Waals surface area contributed by atoms with Gasteiger partial charge in [-0.25, -0.2) is 4.79 Å². The molecule has 0 spiro atoms. The number of amides is 1. The first-order chi connectivity index (χ1) is 7.88. The van der Waals surface area contributed by atoms with Crippen molar-refractivity contribution < 1.29 is 14.7 Å². The molecule has 0 radical (unpaired) electrons. The summed E-state index contributed by atoms with van der Waals surface area (Å²) in [6, 6.07) is -0.976. The standard InChI is InChI=1S/C11H17N3O3/c1-5-9-8(6-13(3)12-9)10(11(16)17)14(4)7(2)15/h6,10H,5H2,1-4H3,(H,16,17). The Morgan fingerprint density at radius 3 is 2.59 bits per heavy atom. The van der Waals surface area contributed by atoms with Gasteiger partial charge in [0.2, 0.25) is 5.91 Å². The zero-order chi connectivity index (χ0) is 13.2. The summed E-state index contributed by atoms with van der Waals surface area (Å²) in [5, 5.41) is 13.4. The van der Waals surface area contributed by atoms with Gasteiger partial charge in [0, 0.05) is 32.8 Å². The van der Waals surface area contributed by atoms with Crippen LogP contribution in [0, 0.1) is 0 Å². The number of carbonyl (C=O) groups excluding carboxylic acids is 1. The molecule has 0 aliphatic heterocycles. The molecule has 17 heavy (non-hydrogen) atoms. The van der Waals surface area contributed by atoms with Crippen LogP contribution >= 0.6 is 0 Å². The fraction of sp³-hybridized carbons (Fsp3) is 0.545. The summed E-state index contributed by atoms with van der Waals surface area (Å²) < 4.78 is 1.57. The molecule has 0 bridgehead atoms. The second-order valence-electron chi connectivity index (χ2n) is 3.93. The van der Waals surface area contributed by atoms with Crippen LogP contribution in [0.3, 0.4) is 0 Å². The highest BCUT2D eigenvalue weighted by Gasteiger charge is 2.30. The largest absolute Gasteiger partial charge is 0.479 e. The molecule has 1 heterocycles. The Labute approximate surface area is 99.8 Å². The van der Waals surface area contributed by atoms with Gasteiger partial charge < -0.3 is 10.0 Å². The first-order valence-corrected chi connectivity index (χ1v) is 5.37. The molecule has 1 amide bonds. The van der Waals surface area contributed by atoms with E-state index in [1.807, 2.05) is 6.92 Å². The van der Waals surface area contributed by atoms with E-state index in [4.69, 9.17) is 0 Å². The van der Waals surface area contributed by atoms with Crippen molar-refractivity contribution in [1.29, 1.82) is 0 Å². The van der Waals surface area contributed by atoms with Gasteiger partial charge in [-0.05, 0) is 6.42 Å². The third-order valence-electron chi connectivity index (χ3n) is 2.68. The number of nitrogens with zero attached hydrogens (tertiary/aromatic N) is 3. The van der Waals surface area contributed by atoms with E-state index in [9.17, 15) is 14.7 Å². The molecular formula is C11H17N3O3. The summed E-state index contributed by atoms with van der Waals surface area (Å²) >= 11 is 0. The lowest BCUT2D eigenvalue weighted by atomic mass is 10.1. The minimum Gasteiger partial charge on any atom is -0.479 e. The Morgan fingerprint density at radius 1 is 1.59 bits per heavy atom. The lowest BCUT2D eigenvalue weighted by molar-refractivity contribution is -0.148. The third kappa shape index (κ3) is 2.64. The second kappa shape index (κ2) is 4.99. The molecule has 1 aromatic rings. The first-order valence-electron chi connectivity index (χ1n) is 5.37. The van der Waals surface area contributed by atoms with Crippen LogP contribution in [0.5, 0.6) is 0 Å². The molecule has 0 fully saturated rings. The topological polar surface area (TPSA) is 75.4 Å². The minimum absolute atomic E-state index is 0.289. The van der Waals surface area contributed by atoms with Gasteiger partial charge >= 0.3 is 5.97 Å². The van der Waals surface area contributed by atoms with E-state index in [-0.39, 0.29) is 5.91 Å². The Kier molecular flexibility index (Phi) is 3.88. The Hall–Kier alpha value is -1.85. The summed E-state index contributed by atoms with van der Waals surface area (Å²) in [6.07, 6.45) is 2.28. The number of likely N-dealkylation sites (N-methyl/N-ethyl adjacent to an activating group) is 1. The summed E-state index contributed by atoms with van der Waals surface area (Å²) in [7, 11) is 3.21. The van der Waals surface area contributed by atoms with E-state index in [2.05, 4.69) is 5.10 Å². The summed E-state index contributed by atoms with van der Waals surface area (Å²) in [5.41, 5.74) is 1.27. The van der Waals surface area contributed by atoms with E-state index in [0.29, 0.717) is 17.7 Å². The van der Waals surface area contributed by atoms with Gasteiger partial charge in [-0.2, -0.15) is 5.10 Å². The molecule has 1 aromatic heterocycles. The predicted molar refractivity (Wildman–Crippen MR) is 61.4 cm³/mol. The smallest absolute Gasteiger partial charge is 0.331 e. The predicted octanol–water partition coefficient (Wildman–Crippen LogP) is 0.587. The molecule has 1 atom stereocenters. The molecular weight excluding hydrogens is 222 g/mol. The number of aromatic nitrogens is 2. The Morgan fingerprint density at radius 2 is 2.18 bits per heavy atom. The van der Waals surface area contributed by atoms with Crippen LogP contribution in [-0.4, -0.2) is 38.7 Å². The molecule has 1 N–H and O–H groups in total. The van der Waals surface area contributed by atoms with Gasteiger partial charge in [0.1, 0.15) is 0 Å². The highest BCUT2D eigenvalue weighted by atomic mass is 16.4. The van der Waals surface area contributed by atoms with Crippen molar-refractivity contribution in [2.24, 2.45) is 7.05 Å². The molecule has 0 aliphatic carbocycles. The van der Waals surface area contributed by atoms with E-state index in [1.54, 1.807) is 17.9 Å². The SMILES string of the molecule is CCc1nn(C)cc1C(C(=O)O)N(C)C(C)=O. The Bertz CT molecular complexity index is 439. The monoisotopic (exact) mass is 239 g/mol. The van der Waals surface area contributed by atoms with Gasteiger partial charge in [-0.3, -0.25) is 9.48 Å². The van der Waals surface area contributed by atoms with E-state index >= 15 is 0 Å². The van der Waals surface area contributed by atoms with Crippen LogP contribution in [0.15, 0.2) is 6.20 Å². The number of aliphatic carboxylic acids is 1. The van der Waals surface area contributed by atoms with Gasteiger partial charge in [0.15, 0.2) is 6.04 Å². The summed E-state index contributed by atoms with van der Waals surface area (Å²) in [4.78, 5) is 23.8. The van der Waals surface area contributed by atoms with E-state index in [1.165, 1.54) is 18.9 Å². The maximum Gasteiger partial charge on any atom is 0.331 e. The van der Waals surface area contributed by atoms with Crippen LogP contribution in [0.4, 0.5) is 0 Å². The molecule has 1 unspecified atom stereocenters. The van der Waals surface area contributed by atoms with Crippen molar-refractivity contribution in [2.45, 2.75) is 26.3 Å². The van der Waals surface area contributed by atoms with Crippen LogP contribution in [-0.2, 0) is 23.1 Å². The molecule has 0 aromatic carbocycles. The molecule has 6 nitrogen and oxygen atoms in total. The quantitative estimate of drug-likeness (QED) is 0.834. The van der Waals surface area contributed by atoms with Crippen LogP contribution < -0.4 is 0 Å². The van der Waals surface area contributed by atoms with E-state index in [0.717, 1.165) is 0 Å². The van der Waals surface area contributed by atoms with Gasteiger partial charge in [0.05, 0.1) is 5.69 Å². The number of rotatable bonds is 4. The normalized spacial score (nSPS) is 12.2. The van der Waals surface area contributed by atoms with E-state index < -0.39 is 12.0 Å². The molecule has 0 aliphatic rings. The van der Waals surface area contributed by atoms with Crippen molar-refractivity contribution in [2.75, 3.05) is 7.05 Å². The number of aryl methyl sites for hydroxylation is 2. The maximum atomic E-state index is 11.3. The van der Waals surface area contributed by atoms with Crippen LogP contribution in [0.1, 0.15) is 31.1 Å². The number of hydrogen-bond donors (Lipinski definition) is 1. The highest BCUT2D eigenvalue weighted by Crippen LogP contribution is 2.23. The molecule has 1 rings (SSSR count). The average molecular weight is 239 g/mol. The third-order valence-corrected chi connectivity index (χ3v) is 2.68. The fourth-order valence-corrected chi connectivity index (χ4v) is 1.75. The molecule has 0 saturated heterocycles. The Balaban J connectivity index is 3.22.